The molecule has 0 spiro atoms. The van der Waals surface area contributed by atoms with Crippen molar-refractivity contribution in [2.75, 3.05) is 20.1 Å². The summed E-state index contributed by atoms with van der Waals surface area (Å²) in [4.78, 5) is 2.07. The summed E-state index contributed by atoms with van der Waals surface area (Å²) in [5.41, 5.74) is 0.934. The lowest BCUT2D eigenvalue weighted by Crippen LogP contribution is -2.32. The van der Waals surface area contributed by atoms with E-state index in [1.165, 1.54) is 12.1 Å². The first-order chi connectivity index (χ1) is 8.19. The number of halogens is 1. The van der Waals surface area contributed by atoms with E-state index in [1.54, 1.807) is 6.07 Å². The van der Waals surface area contributed by atoms with Crippen molar-refractivity contribution in [3.8, 4) is 11.8 Å². The van der Waals surface area contributed by atoms with Gasteiger partial charge in [-0.05, 0) is 25.2 Å². The Morgan fingerprint density at radius 2 is 2.41 bits per heavy atom. The first kappa shape index (κ1) is 11.9. The number of rotatable bonds is 4. The fourth-order valence-electron chi connectivity index (χ4n) is 2.07. The molecule has 0 bridgehead atoms. The van der Waals surface area contributed by atoms with Crippen molar-refractivity contribution in [3.05, 3.63) is 29.6 Å². The molecule has 1 aromatic carbocycles. The number of nitriles is 1. The third-order valence-corrected chi connectivity index (χ3v) is 2.88. The zero-order valence-corrected chi connectivity index (χ0v) is 9.82. The number of hydrogen-bond acceptors (Lipinski definition) is 3. The summed E-state index contributed by atoms with van der Waals surface area (Å²) in [6, 6.07) is 6.75. The van der Waals surface area contributed by atoms with E-state index in [1.807, 2.05) is 7.05 Å². The molecule has 0 fully saturated rings. The average Bonchev–Trinajstić information content (AvgIpc) is 2.67. The van der Waals surface area contributed by atoms with Gasteiger partial charge in [0.1, 0.15) is 17.7 Å². The van der Waals surface area contributed by atoms with Crippen LogP contribution in [-0.2, 0) is 6.42 Å². The molecule has 0 aromatic heterocycles. The summed E-state index contributed by atoms with van der Waals surface area (Å²) in [5.74, 6) is 0.566. The Labute approximate surface area is 100 Å². The number of nitrogens with zero attached hydrogens (tertiary/aromatic N) is 2. The van der Waals surface area contributed by atoms with Crippen molar-refractivity contribution < 1.29 is 9.13 Å². The molecule has 2 rings (SSSR count). The Morgan fingerprint density at radius 3 is 3.18 bits per heavy atom. The van der Waals surface area contributed by atoms with Gasteiger partial charge in [-0.15, -0.1) is 0 Å². The van der Waals surface area contributed by atoms with E-state index in [9.17, 15) is 4.39 Å². The second-order valence-electron chi connectivity index (χ2n) is 4.37. The van der Waals surface area contributed by atoms with Crippen molar-refractivity contribution >= 4 is 0 Å². The molecule has 0 saturated heterocycles. The highest BCUT2D eigenvalue weighted by Gasteiger charge is 2.24. The number of ether oxygens (including phenoxy) is 1. The lowest BCUT2D eigenvalue weighted by molar-refractivity contribution is 0.170. The summed E-state index contributed by atoms with van der Waals surface area (Å²) in [6.45, 7) is 1.50. The molecular formula is C13H15FN2O. The van der Waals surface area contributed by atoms with Crippen LogP contribution in [0.25, 0.3) is 0 Å². The van der Waals surface area contributed by atoms with Crippen LogP contribution < -0.4 is 4.74 Å². The molecule has 0 saturated carbocycles. The van der Waals surface area contributed by atoms with Crippen LogP contribution in [0.4, 0.5) is 4.39 Å². The molecule has 4 heteroatoms. The molecule has 1 heterocycles. The van der Waals surface area contributed by atoms with Crippen LogP contribution in [0.5, 0.6) is 5.75 Å². The van der Waals surface area contributed by atoms with Gasteiger partial charge in [0.2, 0.25) is 0 Å². The molecule has 1 unspecified atom stereocenters. The second-order valence-corrected chi connectivity index (χ2v) is 4.37. The maximum Gasteiger partial charge on any atom is 0.123 e. The monoisotopic (exact) mass is 234 g/mol. The van der Waals surface area contributed by atoms with Gasteiger partial charge >= 0.3 is 0 Å². The standard InChI is InChI=1S/C13H15FN2O/c1-16(6-2-5-15)9-12-8-10-7-11(14)3-4-13(10)17-12/h3-4,7,12H,2,6,8-9H2,1H3. The minimum absolute atomic E-state index is 0.0653. The van der Waals surface area contributed by atoms with E-state index in [4.69, 9.17) is 10.00 Å². The molecule has 1 aliphatic heterocycles. The second kappa shape index (κ2) is 5.15. The lowest BCUT2D eigenvalue weighted by atomic mass is 10.1. The molecule has 3 nitrogen and oxygen atoms in total. The first-order valence-corrected chi connectivity index (χ1v) is 5.69. The largest absolute Gasteiger partial charge is 0.488 e. The Kier molecular flexibility index (Phi) is 3.60. The van der Waals surface area contributed by atoms with Crippen LogP contribution in [-0.4, -0.2) is 31.1 Å². The topological polar surface area (TPSA) is 36.3 Å². The Balaban J connectivity index is 1.90. The van der Waals surface area contributed by atoms with E-state index >= 15 is 0 Å². The Bertz CT molecular complexity index is 442. The van der Waals surface area contributed by atoms with E-state index in [0.717, 1.165) is 30.8 Å². The molecule has 1 aromatic rings. The van der Waals surface area contributed by atoms with Gasteiger partial charge in [0, 0.05) is 31.5 Å². The first-order valence-electron chi connectivity index (χ1n) is 5.69. The van der Waals surface area contributed by atoms with Gasteiger partial charge in [-0.2, -0.15) is 5.26 Å². The molecule has 0 amide bonds. The van der Waals surface area contributed by atoms with Gasteiger partial charge in [0.05, 0.1) is 6.07 Å². The van der Waals surface area contributed by atoms with E-state index in [-0.39, 0.29) is 11.9 Å². The normalized spacial score (nSPS) is 17.6. The van der Waals surface area contributed by atoms with Crippen molar-refractivity contribution in [2.45, 2.75) is 18.9 Å². The lowest BCUT2D eigenvalue weighted by Gasteiger charge is -2.19. The van der Waals surface area contributed by atoms with E-state index in [2.05, 4.69) is 11.0 Å². The molecule has 0 N–H and O–H groups in total. The zero-order valence-electron chi connectivity index (χ0n) is 9.82. The summed E-state index contributed by atoms with van der Waals surface area (Å²) < 4.78 is 18.7. The summed E-state index contributed by atoms with van der Waals surface area (Å²) >= 11 is 0. The molecule has 1 atom stereocenters. The number of likely N-dealkylation sites (N-methyl/N-ethyl adjacent to an activating group) is 1. The fraction of sp³-hybridized carbons (Fsp3) is 0.462. The fourth-order valence-corrected chi connectivity index (χ4v) is 2.07. The predicted molar refractivity (Wildman–Crippen MR) is 62.2 cm³/mol. The molecule has 0 radical (unpaired) electrons. The quantitative estimate of drug-likeness (QED) is 0.799. The van der Waals surface area contributed by atoms with E-state index in [0.29, 0.717) is 6.42 Å². The van der Waals surface area contributed by atoms with Gasteiger partial charge in [-0.25, -0.2) is 4.39 Å². The minimum atomic E-state index is -0.217. The highest BCUT2D eigenvalue weighted by molar-refractivity contribution is 5.37. The average molecular weight is 234 g/mol. The molecule has 0 aliphatic carbocycles. The predicted octanol–water partition coefficient (Wildman–Crippen LogP) is 1.97. The summed E-state index contributed by atoms with van der Waals surface area (Å²) in [5, 5.41) is 8.50. The highest BCUT2D eigenvalue weighted by Crippen LogP contribution is 2.29. The van der Waals surface area contributed by atoms with Crippen LogP contribution in [0, 0.1) is 17.1 Å². The van der Waals surface area contributed by atoms with Gasteiger partial charge in [0.25, 0.3) is 0 Å². The molecule has 90 valence electrons. The van der Waals surface area contributed by atoms with Crippen LogP contribution in [0.1, 0.15) is 12.0 Å². The summed E-state index contributed by atoms with van der Waals surface area (Å²) in [7, 11) is 1.96. The van der Waals surface area contributed by atoms with Gasteiger partial charge < -0.3 is 9.64 Å². The SMILES string of the molecule is CN(CCC#N)CC1Cc2cc(F)ccc2O1. The highest BCUT2D eigenvalue weighted by atomic mass is 19.1. The number of hydrogen-bond donors (Lipinski definition) is 0. The van der Waals surface area contributed by atoms with Crippen LogP contribution in [0.2, 0.25) is 0 Å². The van der Waals surface area contributed by atoms with Crippen molar-refractivity contribution in [3.63, 3.8) is 0 Å². The van der Waals surface area contributed by atoms with Crippen LogP contribution in [0.15, 0.2) is 18.2 Å². The van der Waals surface area contributed by atoms with Gasteiger partial charge in [0.15, 0.2) is 0 Å². The van der Waals surface area contributed by atoms with Gasteiger partial charge in [-0.3, -0.25) is 0 Å². The third-order valence-electron chi connectivity index (χ3n) is 2.88. The van der Waals surface area contributed by atoms with Crippen molar-refractivity contribution in [1.82, 2.24) is 4.90 Å². The Hall–Kier alpha value is -1.60. The third kappa shape index (κ3) is 2.95. The maximum absolute atomic E-state index is 13.0. The zero-order chi connectivity index (χ0) is 12.3. The van der Waals surface area contributed by atoms with Crippen molar-refractivity contribution in [2.24, 2.45) is 0 Å². The number of fused-ring (bicyclic) bond motifs is 1. The molecular weight excluding hydrogens is 219 g/mol. The van der Waals surface area contributed by atoms with Crippen LogP contribution >= 0.6 is 0 Å². The maximum atomic E-state index is 13.0. The van der Waals surface area contributed by atoms with Crippen molar-refractivity contribution in [1.29, 1.82) is 5.26 Å². The molecule has 1 aliphatic rings. The summed E-state index contributed by atoms with van der Waals surface area (Å²) in [6.07, 6.45) is 1.32. The molecule has 17 heavy (non-hydrogen) atoms. The van der Waals surface area contributed by atoms with Crippen LogP contribution in [0.3, 0.4) is 0 Å². The Morgan fingerprint density at radius 1 is 1.59 bits per heavy atom. The smallest absolute Gasteiger partial charge is 0.123 e. The van der Waals surface area contributed by atoms with Gasteiger partial charge in [-0.1, -0.05) is 0 Å². The number of benzene rings is 1. The minimum Gasteiger partial charge on any atom is -0.488 e. The van der Waals surface area contributed by atoms with E-state index < -0.39 is 0 Å².